The van der Waals surface area contributed by atoms with Crippen molar-refractivity contribution in [1.82, 2.24) is 0 Å². The summed E-state index contributed by atoms with van der Waals surface area (Å²) in [6.07, 6.45) is 0. The van der Waals surface area contributed by atoms with Crippen LogP contribution in [0.4, 0.5) is 11.4 Å². The highest BCUT2D eigenvalue weighted by atomic mass is 16.6. The molecular weight excluding hydrogens is 797 g/mol. The van der Waals surface area contributed by atoms with Crippen LogP contribution in [0.2, 0.25) is 0 Å². The highest BCUT2D eigenvalue weighted by Gasteiger charge is 2.53. The Balaban J connectivity index is 0.000000290. The third-order valence-electron chi connectivity index (χ3n) is 10.1. The molecule has 8 nitrogen and oxygen atoms in total. The Morgan fingerprint density at radius 2 is 0.797 bits per heavy atom. The van der Waals surface area contributed by atoms with Gasteiger partial charge in [0.2, 0.25) is 0 Å². The minimum absolute atomic E-state index is 0.0897. The molecule has 0 saturated heterocycles. The Bertz CT molecular complexity index is 2460. The predicted octanol–water partition coefficient (Wildman–Crippen LogP) is 13.6. The topological polar surface area (TPSA) is 133 Å². The first-order chi connectivity index (χ1) is 31.2. The number of esters is 1. The summed E-state index contributed by atoms with van der Waals surface area (Å²) in [4.78, 5) is 28.0. The number of benzene rings is 7. The van der Waals surface area contributed by atoms with E-state index in [1.54, 1.807) is 72.8 Å². The molecule has 2 aliphatic heterocycles. The second-order valence-electron chi connectivity index (χ2n) is 13.1. The van der Waals surface area contributed by atoms with Crippen LogP contribution in [-0.2, 0) is 15.9 Å². The Labute approximate surface area is 380 Å². The molecule has 0 fully saturated rings. The lowest BCUT2D eigenvalue weighted by Crippen LogP contribution is -2.46. The van der Waals surface area contributed by atoms with Crippen LogP contribution in [0.5, 0.6) is 17.2 Å². The number of para-hydroxylation sites is 2. The van der Waals surface area contributed by atoms with Crippen LogP contribution in [0.15, 0.2) is 176 Å². The standard InChI is InChI=1S/C26H20N2O2.C20H14O4.5C2H6/c27-24-13-7-6-12-23(24)26(18-14-16-20(29)17-15-18)22-11-5-4-10-21(22)25(30)28(26)19-8-2-1-3-9-19;21-15-9-5-13(6-10-15)20(14-7-11-16(22)12-8-14)18-4-2-1-3-17(18)19(23)24-20;5*1-2/h1-17,29H,27H2;1-12,21-22H;5*1-2H3. The van der Waals surface area contributed by atoms with Gasteiger partial charge in [0.1, 0.15) is 22.8 Å². The Morgan fingerprint density at radius 1 is 0.422 bits per heavy atom. The molecule has 64 heavy (non-hydrogen) atoms. The zero-order valence-electron chi connectivity index (χ0n) is 38.8. The number of amides is 1. The fraction of sp³-hybridized carbons (Fsp3) is 0.214. The number of cyclic esters (lactones) is 1. The molecule has 7 aromatic carbocycles. The van der Waals surface area contributed by atoms with E-state index in [0.29, 0.717) is 16.8 Å². The number of carbonyl (C=O) groups is 2. The second-order valence-corrected chi connectivity index (χ2v) is 13.1. The maximum atomic E-state index is 13.8. The lowest BCUT2D eigenvalue weighted by atomic mass is 9.76. The molecule has 9 rings (SSSR count). The number of rotatable bonds is 5. The number of nitrogens with two attached hydrogens (primary N) is 1. The molecule has 0 aromatic heterocycles. The van der Waals surface area contributed by atoms with E-state index >= 15 is 0 Å². The first-order valence-electron chi connectivity index (χ1n) is 22.3. The quantitative estimate of drug-likeness (QED) is 0.100. The Hall–Kier alpha value is -7.32. The van der Waals surface area contributed by atoms with Crippen molar-refractivity contribution in [2.24, 2.45) is 0 Å². The molecule has 2 aliphatic rings. The van der Waals surface area contributed by atoms with Crippen molar-refractivity contribution in [3.8, 4) is 17.2 Å². The number of nitrogen functional groups attached to an aromatic ring is 1. The van der Waals surface area contributed by atoms with E-state index in [1.807, 2.05) is 177 Å². The number of nitrogens with zero attached hydrogens (tertiary/aromatic N) is 1. The summed E-state index contributed by atoms with van der Waals surface area (Å²) in [6, 6.07) is 52.3. The number of carbonyl (C=O) groups excluding carboxylic acids is 2. The van der Waals surface area contributed by atoms with Gasteiger partial charge in [-0.1, -0.05) is 178 Å². The van der Waals surface area contributed by atoms with Gasteiger partial charge in [0.25, 0.3) is 5.91 Å². The molecule has 5 N–H and O–H groups in total. The maximum Gasteiger partial charge on any atom is 0.340 e. The van der Waals surface area contributed by atoms with E-state index in [1.165, 1.54) is 0 Å². The smallest absolute Gasteiger partial charge is 0.340 e. The first kappa shape index (κ1) is 51.0. The highest BCUT2D eigenvalue weighted by Crippen LogP contribution is 2.52. The number of ether oxygens (including phenoxy) is 1. The third-order valence-corrected chi connectivity index (χ3v) is 10.1. The van der Waals surface area contributed by atoms with Crippen LogP contribution in [0.3, 0.4) is 0 Å². The average Bonchev–Trinajstić information content (AvgIpc) is 3.82. The maximum absolute atomic E-state index is 13.8. The summed E-state index contributed by atoms with van der Waals surface area (Å²) in [6.45, 7) is 20.0. The molecule has 0 aliphatic carbocycles. The largest absolute Gasteiger partial charge is 0.508 e. The van der Waals surface area contributed by atoms with Crippen molar-refractivity contribution < 1.29 is 29.6 Å². The van der Waals surface area contributed by atoms with Gasteiger partial charge in [-0.05, 0) is 77.9 Å². The van der Waals surface area contributed by atoms with Crippen LogP contribution in [-0.4, -0.2) is 27.2 Å². The van der Waals surface area contributed by atoms with Crippen molar-refractivity contribution in [3.05, 3.63) is 220 Å². The first-order valence-corrected chi connectivity index (χ1v) is 22.3. The zero-order valence-corrected chi connectivity index (χ0v) is 38.8. The van der Waals surface area contributed by atoms with Crippen molar-refractivity contribution in [2.75, 3.05) is 10.6 Å². The van der Waals surface area contributed by atoms with E-state index < -0.39 is 17.1 Å². The molecule has 0 spiro atoms. The molecule has 7 aromatic rings. The van der Waals surface area contributed by atoms with Crippen LogP contribution < -0.4 is 10.6 Å². The van der Waals surface area contributed by atoms with Gasteiger partial charge in [0.05, 0.1) is 5.56 Å². The van der Waals surface area contributed by atoms with Crippen LogP contribution >= 0.6 is 0 Å². The van der Waals surface area contributed by atoms with Gasteiger partial charge >= 0.3 is 5.97 Å². The van der Waals surface area contributed by atoms with Gasteiger partial charge in [0.15, 0.2) is 5.60 Å². The average molecular weight is 861 g/mol. The van der Waals surface area contributed by atoms with Crippen molar-refractivity contribution in [1.29, 1.82) is 0 Å². The van der Waals surface area contributed by atoms with E-state index in [-0.39, 0.29) is 23.2 Å². The second kappa shape index (κ2) is 24.4. The van der Waals surface area contributed by atoms with E-state index in [0.717, 1.165) is 39.1 Å². The van der Waals surface area contributed by atoms with Crippen molar-refractivity contribution >= 4 is 23.3 Å². The van der Waals surface area contributed by atoms with E-state index in [4.69, 9.17) is 10.5 Å². The molecule has 0 saturated carbocycles. The fourth-order valence-corrected chi connectivity index (χ4v) is 7.71. The normalized spacial score (nSPS) is 14.4. The third kappa shape index (κ3) is 9.82. The monoisotopic (exact) mass is 860 g/mol. The SMILES string of the molecule is CC.CC.CC.CC.CC.Nc1ccccc1C1(c2ccc(O)cc2)c2ccccc2C(=O)N1c1ccccc1.O=C1OC(c2ccc(O)cc2)(c2ccc(O)cc2)c2ccccc21. The minimum atomic E-state index is -1.10. The fourth-order valence-electron chi connectivity index (χ4n) is 7.71. The van der Waals surface area contributed by atoms with Gasteiger partial charge in [-0.25, -0.2) is 4.79 Å². The number of hydrogen-bond acceptors (Lipinski definition) is 7. The predicted molar refractivity (Wildman–Crippen MR) is 263 cm³/mol. The Kier molecular flexibility index (Phi) is 19.4. The molecule has 0 bridgehead atoms. The van der Waals surface area contributed by atoms with Gasteiger partial charge in [-0.15, -0.1) is 0 Å². The number of aromatic hydroxyl groups is 3. The number of phenols is 3. The molecule has 1 unspecified atom stereocenters. The van der Waals surface area contributed by atoms with Crippen molar-refractivity contribution in [3.63, 3.8) is 0 Å². The van der Waals surface area contributed by atoms with Crippen LogP contribution in [0.25, 0.3) is 0 Å². The number of hydrogen-bond donors (Lipinski definition) is 4. The summed E-state index contributed by atoms with van der Waals surface area (Å²) in [5, 5.41) is 29.1. The van der Waals surface area contributed by atoms with Gasteiger partial charge in [0, 0.05) is 39.2 Å². The molecular formula is C56H64N2O6. The molecule has 1 atom stereocenters. The van der Waals surface area contributed by atoms with Crippen molar-refractivity contribution in [2.45, 2.75) is 80.4 Å². The van der Waals surface area contributed by atoms with Gasteiger partial charge in [-0.3, -0.25) is 9.69 Å². The molecule has 2 heterocycles. The summed E-state index contributed by atoms with van der Waals surface area (Å²) >= 11 is 0. The Morgan fingerprint density at radius 3 is 1.27 bits per heavy atom. The van der Waals surface area contributed by atoms with Crippen LogP contribution in [0.1, 0.15) is 123 Å². The molecule has 0 radical (unpaired) electrons. The summed E-state index contributed by atoms with van der Waals surface area (Å²) in [5.74, 6) is -0.0480. The molecule has 1 amide bonds. The lowest BCUT2D eigenvalue weighted by molar-refractivity contribution is 0.0251. The number of phenolic OH excluding ortho intramolecular Hbond substituents is 3. The number of anilines is 2. The van der Waals surface area contributed by atoms with Crippen LogP contribution in [0, 0.1) is 0 Å². The number of fused-ring (bicyclic) bond motifs is 2. The lowest BCUT2D eigenvalue weighted by Gasteiger charge is -2.41. The van der Waals surface area contributed by atoms with E-state index in [2.05, 4.69) is 0 Å². The molecule has 8 heteroatoms. The summed E-state index contributed by atoms with van der Waals surface area (Å²) in [7, 11) is 0. The summed E-state index contributed by atoms with van der Waals surface area (Å²) < 4.78 is 5.87. The molecule has 334 valence electrons. The highest BCUT2D eigenvalue weighted by molar-refractivity contribution is 6.14. The zero-order chi connectivity index (χ0) is 47.5. The minimum Gasteiger partial charge on any atom is -0.508 e. The summed E-state index contributed by atoms with van der Waals surface area (Å²) in [5.41, 5.74) is 11.7. The van der Waals surface area contributed by atoms with E-state index in [9.17, 15) is 24.9 Å². The van der Waals surface area contributed by atoms with Gasteiger partial charge in [-0.2, -0.15) is 0 Å². The van der Waals surface area contributed by atoms with Gasteiger partial charge < -0.3 is 25.8 Å².